The van der Waals surface area contributed by atoms with Crippen LogP contribution < -0.4 is 10.6 Å². The summed E-state index contributed by atoms with van der Waals surface area (Å²) in [5, 5.41) is 6.34. The molecule has 1 fully saturated rings. The van der Waals surface area contributed by atoms with Crippen LogP contribution in [-0.2, 0) is 9.84 Å². The Balaban J connectivity index is 1.71. The molecule has 1 amide bonds. The predicted molar refractivity (Wildman–Crippen MR) is 96.9 cm³/mol. The molecule has 0 spiro atoms. The van der Waals surface area contributed by atoms with Crippen LogP contribution in [0.3, 0.4) is 0 Å². The van der Waals surface area contributed by atoms with Crippen molar-refractivity contribution in [1.82, 2.24) is 9.97 Å². The molecule has 2 N–H and O–H groups in total. The second-order valence-corrected chi connectivity index (χ2v) is 8.59. The van der Waals surface area contributed by atoms with Gasteiger partial charge in [-0.1, -0.05) is 11.6 Å². The van der Waals surface area contributed by atoms with Crippen LogP contribution in [0, 0.1) is 6.92 Å². The van der Waals surface area contributed by atoms with Crippen molar-refractivity contribution in [3.05, 3.63) is 46.7 Å². The number of rotatable bonds is 4. The van der Waals surface area contributed by atoms with Crippen LogP contribution in [0.25, 0.3) is 0 Å². The maximum Gasteiger partial charge on any atom is 0.274 e. The van der Waals surface area contributed by atoms with Gasteiger partial charge in [0, 0.05) is 22.9 Å². The van der Waals surface area contributed by atoms with Gasteiger partial charge in [0.15, 0.2) is 9.84 Å². The highest BCUT2D eigenvalue weighted by molar-refractivity contribution is 7.91. The number of anilines is 2. The topological polar surface area (TPSA) is 101 Å². The van der Waals surface area contributed by atoms with E-state index >= 15 is 0 Å². The van der Waals surface area contributed by atoms with Gasteiger partial charge in [0.05, 0.1) is 11.5 Å². The Morgan fingerprint density at radius 3 is 2.80 bits per heavy atom. The van der Waals surface area contributed by atoms with Crippen LogP contribution in [0.4, 0.5) is 11.6 Å². The number of carbonyl (C=O) groups excluding carboxylic acids is 1. The first kappa shape index (κ1) is 17.6. The van der Waals surface area contributed by atoms with Crippen LogP contribution in [-0.4, -0.2) is 41.8 Å². The summed E-state index contributed by atoms with van der Waals surface area (Å²) in [7, 11) is -3.00. The van der Waals surface area contributed by atoms with E-state index in [9.17, 15) is 13.2 Å². The highest BCUT2D eigenvalue weighted by Gasteiger charge is 2.28. The average molecular weight is 381 g/mol. The lowest BCUT2D eigenvalue weighted by Crippen LogP contribution is -2.23. The number of halogens is 1. The summed E-state index contributed by atoms with van der Waals surface area (Å²) >= 11 is 5.91. The minimum atomic E-state index is -3.00. The first-order valence-corrected chi connectivity index (χ1v) is 9.90. The lowest BCUT2D eigenvalue weighted by atomic mass is 10.2. The first-order valence-electron chi connectivity index (χ1n) is 7.70. The largest absolute Gasteiger partial charge is 0.350 e. The predicted octanol–water partition coefficient (Wildman–Crippen LogP) is 2.29. The van der Waals surface area contributed by atoms with E-state index in [1.165, 1.54) is 12.3 Å². The zero-order chi connectivity index (χ0) is 18.0. The fourth-order valence-electron chi connectivity index (χ4n) is 2.60. The van der Waals surface area contributed by atoms with Gasteiger partial charge in [-0.2, -0.15) is 0 Å². The zero-order valence-electron chi connectivity index (χ0n) is 13.5. The molecule has 1 aromatic carbocycles. The Kier molecular flexibility index (Phi) is 4.91. The van der Waals surface area contributed by atoms with Crippen molar-refractivity contribution < 1.29 is 13.2 Å². The SMILES string of the molecule is Cc1cc(Cl)ccc1NC(=O)c1ccnc(NC2CCS(=O)(=O)C2)n1. The highest BCUT2D eigenvalue weighted by atomic mass is 35.5. The molecule has 7 nitrogen and oxygen atoms in total. The minimum Gasteiger partial charge on any atom is -0.350 e. The fraction of sp³-hybridized carbons (Fsp3) is 0.312. The Morgan fingerprint density at radius 2 is 2.12 bits per heavy atom. The summed E-state index contributed by atoms with van der Waals surface area (Å²) in [6.45, 7) is 1.84. The summed E-state index contributed by atoms with van der Waals surface area (Å²) in [5.74, 6) is 0.0646. The molecule has 2 heterocycles. The molecule has 9 heteroatoms. The quantitative estimate of drug-likeness (QED) is 0.843. The van der Waals surface area contributed by atoms with Gasteiger partial charge in [-0.3, -0.25) is 4.79 Å². The summed E-state index contributed by atoms with van der Waals surface area (Å²) in [6, 6.07) is 6.43. The van der Waals surface area contributed by atoms with Crippen molar-refractivity contribution in [2.45, 2.75) is 19.4 Å². The highest BCUT2D eigenvalue weighted by Crippen LogP contribution is 2.20. The van der Waals surface area contributed by atoms with Crippen LogP contribution in [0.2, 0.25) is 5.02 Å². The maximum absolute atomic E-state index is 12.4. The molecule has 0 bridgehead atoms. The monoisotopic (exact) mass is 380 g/mol. The lowest BCUT2D eigenvalue weighted by molar-refractivity contribution is 0.102. The molecular formula is C16H17ClN4O3S. The Hall–Kier alpha value is -2.19. The normalized spacial score (nSPS) is 18.7. The Labute approximate surface area is 150 Å². The number of sulfone groups is 1. The number of nitrogens with zero attached hydrogens (tertiary/aromatic N) is 2. The molecular weight excluding hydrogens is 364 g/mol. The van der Waals surface area contributed by atoms with Crippen molar-refractivity contribution >= 4 is 39.0 Å². The van der Waals surface area contributed by atoms with Crippen molar-refractivity contribution in [3.63, 3.8) is 0 Å². The third kappa shape index (κ3) is 4.46. The number of aromatic nitrogens is 2. The number of nitrogens with one attached hydrogen (secondary N) is 2. The number of aryl methyl sites for hydroxylation is 1. The summed E-state index contributed by atoms with van der Waals surface area (Å²) in [6.07, 6.45) is 1.97. The molecule has 3 rings (SSSR count). The molecule has 1 saturated heterocycles. The van der Waals surface area contributed by atoms with Crippen LogP contribution in [0.5, 0.6) is 0 Å². The molecule has 0 aliphatic carbocycles. The van der Waals surface area contributed by atoms with Crippen molar-refractivity contribution in [2.75, 3.05) is 22.1 Å². The van der Waals surface area contributed by atoms with Gasteiger partial charge in [-0.05, 0) is 43.2 Å². The molecule has 2 aromatic rings. The van der Waals surface area contributed by atoms with Crippen LogP contribution in [0.15, 0.2) is 30.5 Å². The van der Waals surface area contributed by atoms with Gasteiger partial charge in [-0.25, -0.2) is 18.4 Å². The molecule has 1 aliphatic rings. The van der Waals surface area contributed by atoms with E-state index in [2.05, 4.69) is 20.6 Å². The van der Waals surface area contributed by atoms with Gasteiger partial charge >= 0.3 is 0 Å². The van der Waals surface area contributed by atoms with Crippen LogP contribution in [0.1, 0.15) is 22.5 Å². The molecule has 1 aliphatic heterocycles. The number of benzene rings is 1. The maximum atomic E-state index is 12.4. The molecule has 1 atom stereocenters. The molecule has 1 aromatic heterocycles. The number of carbonyl (C=O) groups is 1. The van der Waals surface area contributed by atoms with E-state index in [1.54, 1.807) is 18.2 Å². The van der Waals surface area contributed by atoms with Gasteiger partial charge in [-0.15, -0.1) is 0 Å². The lowest BCUT2D eigenvalue weighted by Gasteiger charge is -2.12. The number of amides is 1. The average Bonchev–Trinajstić information content (AvgIpc) is 2.89. The molecule has 1 unspecified atom stereocenters. The fourth-order valence-corrected chi connectivity index (χ4v) is 4.50. The number of hydrogen-bond donors (Lipinski definition) is 2. The smallest absolute Gasteiger partial charge is 0.274 e. The molecule has 25 heavy (non-hydrogen) atoms. The third-order valence-corrected chi connectivity index (χ3v) is 5.89. The van der Waals surface area contributed by atoms with E-state index in [-0.39, 0.29) is 35.1 Å². The zero-order valence-corrected chi connectivity index (χ0v) is 15.1. The van der Waals surface area contributed by atoms with Crippen molar-refractivity contribution in [3.8, 4) is 0 Å². The van der Waals surface area contributed by atoms with Crippen molar-refractivity contribution in [2.24, 2.45) is 0 Å². The van der Waals surface area contributed by atoms with E-state index in [0.29, 0.717) is 17.1 Å². The third-order valence-electron chi connectivity index (χ3n) is 3.89. The second-order valence-electron chi connectivity index (χ2n) is 5.92. The molecule has 132 valence electrons. The Bertz CT molecular complexity index is 917. The summed E-state index contributed by atoms with van der Waals surface area (Å²) in [4.78, 5) is 20.6. The standard InChI is InChI=1S/C16H17ClN4O3S/c1-10-8-11(17)2-3-13(10)20-15(22)14-4-6-18-16(21-14)19-12-5-7-25(23,24)9-12/h2-4,6,8,12H,5,7,9H2,1H3,(H,20,22)(H,18,19,21). The van der Waals surface area contributed by atoms with E-state index < -0.39 is 9.84 Å². The van der Waals surface area contributed by atoms with Crippen LogP contribution >= 0.6 is 11.6 Å². The molecule has 0 radical (unpaired) electrons. The van der Waals surface area contributed by atoms with Gasteiger partial charge < -0.3 is 10.6 Å². The summed E-state index contributed by atoms with van der Waals surface area (Å²) < 4.78 is 23.0. The van der Waals surface area contributed by atoms with Crippen molar-refractivity contribution in [1.29, 1.82) is 0 Å². The summed E-state index contributed by atoms with van der Waals surface area (Å²) in [5.41, 5.74) is 1.67. The van der Waals surface area contributed by atoms with Gasteiger partial charge in [0.1, 0.15) is 5.69 Å². The number of hydrogen-bond acceptors (Lipinski definition) is 6. The first-order chi connectivity index (χ1) is 11.8. The van der Waals surface area contributed by atoms with E-state index in [1.807, 2.05) is 6.92 Å². The second kappa shape index (κ2) is 6.97. The minimum absolute atomic E-state index is 0.0523. The van der Waals surface area contributed by atoms with E-state index in [4.69, 9.17) is 11.6 Å². The Morgan fingerprint density at radius 1 is 1.32 bits per heavy atom. The van der Waals surface area contributed by atoms with Gasteiger partial charge in [0.2, 0.25) is 5.95 Å². The molecule has 0 saturated carbocycles. The van der Waals surface area contributed by atoms with E-state index in [0.717, 1.165) is 5.56 Å². The van der Waals surface area contributed by atoms with Gasteiger partial charge in [0.25, 0.3) is 5.91 Å².